The molecule has 1 heterocycles. The van der Waals surface area contributed by atoms with Crippen LogP contribution in [0.2, 0.25) is 10.0 Å². The van der Waals surface area contributed by atoms with Crippen LogP contribution in [0.1, 0.15) is 44.1 Å². The first-order valence-electron chi connectivity index (χ1n) is 12.9. The normalized spacial score (nSPS) is 16.9. The molecule has 0 amide bonds. The Morgan fingerprint density at radius 2 is 1.57 bits per heavy atom. The predicted molar refractivity (Wildman–Crippen MR) is 159 cm³/mol. The molecule has 1 saturated carbocycles. The molecule has 1 aliphatic heterocycles. The Morgan fingerprint density at radius 3 is 2.22 bits per heavy atom. The van der Waals surface area contributed by atoms with Crippen LogP contribution in [0, 0.1) is 11.3 Å². The monoisotopic (exact) mass is 548 g/mol. The van der Waals surface area contributed by atoms with Crippen LogP contribution in [0.3, 0.4) is 0 Å². The summed E-state index contributed by atoms with van der Waals surface area (Å²) in [5.41, 5.74) is 4.57. The highest BCUT2D eigenvalue weighted by Gasteiger charge is 2.31. The SMILES string of the molecule is N#Cc1cccc(-c2ccc(N(C(=S)Nc3cc(Cl)cc(Cl)c3)C3CCN(C4CCCC4)CC3)cc2)c1. The highest BCUT2D eigenvalue weighted by molar-refractivity contribution is 7.80. The first-order valence-corrected chi connectivity index (χ1v) is 14.1. The summed E-state index contributed by atoms with van der Waals surface area (Å²) in [4.78, 5) is 4.94. The molecule has 4 nitrogen and oxygen atoms in total. The van der Waals surface area contributed by atoms with Crippen LogP contribution in [-0.4, -0.2) is 35.2 Å². The number of likely N-dealkylation sites (tertiary alicyclic amines) is 1. The van der Waals surface area contributed by atoms with Crippen molar-refractivity contribution in [1.82, 2.24) is 4.90 Å². The topological polar surface area (TPSA) is 42.3 Å². The average Bonchev–Trinajstić information content (AvgIpc) is 3.44. The number of hydrogen-bond donors (Lipinski definition) is 1. The number of nitrogens with one attached hydrogen (secondary N) is 1. The van der Waals surface area contributed by atoms with Gasteiger partial charge in [-0.3, -0.25) is 0 Å². The second-order valence-corrected chi connectivity index (χ2v) is 11.2. The highest BCUT2D eigenvalue weighted by atomic mass is 35.5. The van der Waals surface area contributed by atoms with E-state index in [2.05, 4.69) is 45.5 Å². The molecule has 5 rings (SSSR count). The van der Waals surface area contributed by atoms with Crippen molar-refractivity contribution >= 4 is 51.9 Å². The molecule has 2 aliphatic rings. The molecule has 0 spiro atoms. The molecule has 3 aromatic carbocycles. The molecule has 1 aliphatic carbocycles. The van der Waals surface area contributed by atoms with Gasteiger partial charge in [-0.1, -0.05) is 60.3 Å². The number of rotatable bonds is 5. The lowest BCUT2D eigenvalue weighted by atomic mass is 9.99. The van der Waals surface area contributed by atoms with E-state index in [1.54, 1.807) is 6.07 Å². The van der Waals surface area contributed by atoms with Gasteiger partial charge in [0.1, 0.15) is 0 Å². The van der Waals surface area contributed by atoms with Gasteiger partial charge in [-0.2, -0.15) is 5.26 Å². The van der Waals surface area contributed by atoms with E-state index >= 15 is 0 Å². The minimum absolute atomic E-state index is 0.292. The van der Waals surface area contributed by atoms with Crippen LogP contribution in [0.15, 0.2) is 66.7 Å². The van der Waals surface area contributed by atoms with Gasteiger partial charge in [-0.15, -0.1) is 0 Å². The molecule has 190 valence electrons. The first-order chi connectivity index (χ1) is 18.0. The van der Waals surface area contributed by atoms with Crippen LogP contribution in [0.5, 0.6) is 0 Å². The van der Waals surface area contributed by atoms with E-state index in [0.29, 0.717) is 26.8 Å². The van der Waals surface area contributed by atoms with E-state index in [9.17, 15) is 5.26 Å². The predicted octanol–water partition coefficient (Wildman–Crippen LogP) is 8.14. The Hall–Kier alpha value is -2.62. The van der Waals surface area contributed by atoms with Crippen LogP contribution < -0.4 is 10.2 Å². The zero-order chi connectivity index (χ0) is 25.8. The highest BCUT2D eigenvalue weighted by Crippen LogP contribution is 2.32. The van der Waals surface area contributed by atoms with Gasteiger partial charge in [-0.05, 0) is 91.5 Å². The Kier molecular flexibility index (Phi) is 8.32. The van der Waals surface area contributed by atoms with Gasteiger partial charge in [0.25, 0.3) is 0 Å². The Bertz CT molecular complexity index is 1270. The van der Waals surface area contributed by atoms with Gasteiger partial charge in [0.2, 0.25) is 0 Å². The molecule has 0 unspecified atom stereocenters. The molecule has 0 aromatic heterocycles. The fraction of sp³-hybridized carbons (Fsp3) is 0.333. The number of thiocarbonyl (C=S) groups is 1. The second-order valence-electron chi connectivity index (χ2n) is 9.90. The zero-order valence-corrected chi connectivity index (χ0v) is 23.0. The van der Waals surface area contributed by atoms with Crippen molar-refractivity contribution in [3.63, 3.8) is 0 Å². The second kappa shape index (κ2) is 11.8. The zero-order valence-electron chi connectivity index (χ0n) is 20.7. The van der Waals surface area contributed by atoms with E-state index in [1.165, 1.54) is 25.7 Å². The molecule has 0 radical (unpaired) electrons. The Balaban J connectivity index is 1.39. The number of benzene rings is 3. The van der Waals surface area contributed by atoms with Crippen LogP contribution in [-0.2, 0) is 0 Å². The van der Waals surface area contributed by atoms with E-state index in [0.717, 1.165) is 54.5 Å². The van der Waals surface area contributed by atoms with Crippen molar-refractivity contribution in [3.8, 4) is 17.2 Å². The van der Waals surface area contributed by atoms with E-state index in [1.807, 2.05) is 36.4 Å². The van der Waals surface area contributed by atoms with E-state index in [-0.39, 0.29) is 0 Å². The summed E-state index contributed by atoms with van der Waals surface area (Å²) in [6, 6.07) is 24.8. The Morgan fingerprint density at radius 1 is 0.892 bits per heavy atom. The summed E-state index contributed by atoms with van der Waals surface area (Å²) in [7, 11) is 0. The van der Waals surface area contributed by atoms with E-state index < -0.39 is 0 Å². The third-order valence-corrected chi connectivity index (χ3v) is 8.24. The number of nitrogens with zero attached hydrogens (tertiary/aromatic N) is 3. The van der Waals surface area contributed by atoms with Gasteiger partial charge < -0.3 is 15.1 Å². The maximum atomic E-state index is 9.28. The van der Waals surface area contributed by atoms with Gasteiger partial charge in [-0.25, -0.2) is 0 Å². The fourth-order valence-electron chi connectivity index (χ4n) is 5.66. The van der Waals surface area contributed by atoms with Crippen LogP contribution >= 0.6 is 35.4 Å². The van der Waals surface area contributed by atoms with Crippen LogP contribution in [0.25, 0.3) is 11.1 Å². The minimum Gasteiger partial charge on any atom is -0.332 e. The maximum Gasteiger partial charge on any atom is 0.178 e. The summed E-state index contributed by atoms with van der Waals surface area (Å²) in [6.45, 7) is 2.19. The van der Waals surface area contributed by atoms with Crippen molar-refractivity contribution in [3.05, 3.63) is 82.3 Å². The third-order valence-electron chi connectivity index (χ3n) is 7.51. The largest absolute Gasteiger partial charge is 0.332 e. The van der Waals surface area contributed by atoms with Crippen LogP contribution in [0.4, 0.5) is 11.4 Å². The lowest BCUT2D eigenvalue weighted by Gasteiger charge is -2.41. The fourth-order valence-corrected chi connectivity index (χ4v) is 6.56. The molecule has 3 aromatic rings. The maximum absolute atomic E-state index is 9.28. The molecular formula is C30H30Cl2N4S. The summed E-state index contributed by atoms with van der Waals surface area (Å²) >= 11 is 18.5. The first kappa shape index (κ1) is 26.0. The molecule has 1 saturated heterocycles. The summed E-state index contributed by atoms with van der Waals surface area (Å²) < 4.78 is 0. The average molecular weight is 550 g/mol. The van der Waals surface area contributed by atoms with Gasteiger partial charge in [0, 0.05) is 46.6 Å². The lowest BCUT2D eigenvalue weighted by Crippen LogP contribution is -2.50. The van der Waals surface area contributed by atoms with Crippen molar-refractivity contribution in [2.24, 2.45) is 0 Å². The number of halogens is 2. The smallest absolute Gasteiger partial charge is 0.178 e. The number of hydrogen-bond acceptors (Lipinski definition) is 3. The van der Waals surface area contributed by atoms with Gasteiger partial charge in [0.15, 0.2) is 5.11 Å². The summed E-state index contributed by atoms with van der Waals surface area (Å²) in [6.07, 6.45) is 7.49. The molecule has 37 heavy (non-hydrogen) atoms. The lowest BCUT2D eigenvalue weighted by molar-refractivity contribution is 0.155. The van der Waals surface area contributed by atoms with E-state index in [4.69, 9.17) is 35.4 Å². The molecule has 1 N–H and O–H groups in total. The van der Waals surface area contributed by atoms with Crippen molar-refractivity contribution in [2.75, 3.05) is 23.3 Å². The number of nitriles is 1. The minimum atomic E-state index is 0.292. The van der Waals surface area contributed by atoms with Crippen molar-refractivity contribution in [1.29, 1.82) is 5.26 Å². The molecular weight excluding hydrogens is 519 g/mol. The molecule has 7 heteroatoms. The Labute approximate surface area is 234 Å². The quantitative estimate of drug-likeness (QED) is 0.326. The van der Waals surface area contributed by atoms with Gasteiger partial charge in [0.05, 0.1) is 11.6 Å². The van der Waals surface area contributed by atoms with Crippen molar-refractivity contribution < 1.29 is 0 Å². The molecule has 0 atom stereocenters. The molecule has 0 bridgehead atoms. The van der Waals surface area contributed by atoms with Gasteiger partial charge >= 0.3 is 0 Å². The number of anilines is 2. The van der Waals surface area contributed by atoms with Crippen molar-refractivity contribution in [2.45, 2.75) is 50.6 Å². The number of piperidine rings is 1. The molecule has 2 fully saturated rings. The summed E-state index contributed by atoms with van der Waals surface area (Å²) in [5.74, 6) is 0. The summed E-state index contributed by atoms with van der Waals surface area (Å²) in [5, 5.41) is 14.4. The third kappa shape index (κ3) is 6.27. The standard InChI is InChI=1S/C30H30Cl2N4S/c31-24-17-25(32)19-26(18-24)34-30(37)36(29-12-14-35(15-13-29)27-6-1-2-7-27)28-10-8-22(9-11-28)23-5-3-4-21(16-23)20-33/h3-5,8-11,16-19,27,29H,1-2,6-7,12-15H2,(H,34,37).